The summed E-state index contributed by atoms with van der Waals surface area (Å²) in [7, 11) is 0. The molecule has 4 aliphatic carbocycles. The number of rotatable bonds is 3. The van der Waals surface area contributed by atoms with Crippen LogP contribution in [-0.4, -0.2) is 32.6 Å². The molecule has 4 fully saturated rings. The summed E-state index contributed by atoms with van der Waals surface area (Å²) in [6.45, 7) is 0. The second-order valence-corrected chi connectivity index (χ2v) is 8.12. The summed E-state index contributed by atoms with van der Waals surface area (Å²) in [5.41, 5.74) is 3.75. The number of nitrogens with one attached hydrogen (secondary N) is 3. The van der Waals surface area contributed by atoms with Gasteiger partial charge < -0.3 is 15.4 Å². The van der Waals surface area contributed by atoms with E-state index in [9.17, 15) is 9.90 Å². The van der Waals surface area contributed by atoms with E-state index in [1.807, 2.05) is 12.3 Å². The van der Waals surface area contributed by atoms with E-state index in [1.165, 1.54) is 0 Å². The molecule has 25 heavy (non-hydrogen) atoms. The minimum Gasteiger partial charge on any atom is -0.390 e. The molecule has 5 atom stereocenters. The van der Waals surface area contributed by atoms with E-state index in [0.717, 1.165) is 48.8 Å². The molecule has 4 aliphatic rings. The lowest BCUT2D eigenvalue weighted by molar-refractivity contribution is -0.129. The van der Waals surface area contributed by atoms with Gasteiger partial charge in [-0.05, 0) is 55.9 Å². The Balaban J connectivity index is 1.54. The van der Waals surface area contributed by atoms with Crippen LogP contribution in [0.1, 0.15) is 42.5 Å². The van der Waals surface area contributed by atoms with Gasteiger partial charge in [0.2, 0.25) is 0 Å². The third-order valence-electron chi connectivity index (χ3n) is 6.51. The quantitative estimate of drug-likeness (QED) is 0.330. The molecular formula is C18H23N5O2. The van der Waals surface area contributed by atoms with Gasteiger partial charge in [-0.3, -0.25) is 10.2 Å². The van der Waals surface area contributed by atoms with Crippen molar-refractivity contribution in [3.05, 3.63) is 24.0 Å². The lowest BCUT2D eigenvalue weighted by Crippen LogP contribution is -2.59. The minimum atomic E-state index is -0.464. The zero-order valence-electron chi connectivity index (χ0n) is 14.0. The number of H-pyrrole nitrogens is 1. The molecule has 6 rings (SSSR count). The number of nitrogens with zero attached hydrogens (tertiary/aromatic N) is 1. The van der Waals surface area contributed by atoms with Crippen molar-refractivity contribution in [1.29, 1.82) is 0 Å². The SMILES string of the molecule is NNC(=O)c1cnc2[nH]ccc2c1N[C@H]1[C@@H]2CC3C[C@H]1C[C@@](O)(C3)C2. The summed E-state index contributed by atoms with van der Waals surface area (Å²) in [5.74, 6) is 6.57. The lowest BCUT2D eigenvalue weighted by atomic mass is 9.52. The third kappa shape index (κ3) is 2.26. The molecule has 7 nitrogen and oxygen atoms in total. The van der Waals surface area contributed by atoms with E-state index in [4.69, 9.17) is 5.84 Å². The number of aliphatic hydroxyl groups is 1. The molecule has 4 bridgehead atoms. The van der Waals surface area contributed by atoms with E-state index in [-0.39, 0.29) is 11.9 Å². The zero-order valence-corrected chi connectivity index (χ0v) is 14.0. The minimum absolute atomic E-state index is 0.279. The van der Waals surface area contributed by atoms with Crippen molar-refractivity contribution >= 4 is 22.6 Å². The van der Waals surface area contributed by atoms with Crippen LogP contribution in [-0.2, 0) is 0 Å². The molecule has 6 N–H and O–H groups in total. The van der Waals surface area contributed by atoms with E-state index in [2.05, 4.69) is 20.7 Å². The summed E-state index contributed by atoms with van der Waals surface area (Å²) in [4.78, 5) is 19.6. The number of carbonyl (C=O) groups is 1. The molecule has 0 aromatic carbocycles. The zero-order chi connectivity index (χ0) is 17.2. The molecule has 7 heteroatoms. The number of hydrogen-bond acceptors (Lipinski definition) is 5. The Labute approximate surface area is 145 Å². The Morgan fingerprint density at radius 3 is 2.76 bits per heavy atom. The molecule has 132 valence electrons. The van der Waals surface area contributed by atoms with Gasteiger partial charge in [0.05, 0.1) is 16.9 Å². The normalized spacial score (nSPS) is 35.9. The van der Waals surface area contributed by atoms with Crippen molar-refractivity contribution in [2.24, 2.45) is 23.6 Å². The van der Waals surface area contributed by atoms with Crippen molar-refractivity contribution in [3.63, 3.8) is 0 Å². The van der Waals surface area contributed by atoms with Crippen LogP contribution in [0.2, 0.25) is 0 Å². The maximum atomic E-state index is 12.2. The maximum absolute atomic E-state index is 12.2. The highest BCUT2D eigenvalue weighted by Gasteiger charge is 2.54. The second-order valence-electron chi connectivity index (χ2n) is 8.12. The topological polar surface area (TPSA) is 116 Å². The fourth-order valence-electron chi connectivity index (χ4n) is 5.80. The number of amides is 1. The number of nitrogen functional groups attached to an aromatic ring is 1. The van der Waals surface area contributed by atoms with Gasteiger partial charge in [-0.1, -0.05) is 0 Å². The largest absolute Gasteiger partial charge is 0.390 e. The van der Waals surface area contributed by atoms with E-state index < -0.39 is 5.60 Å². The molecule has 0 spiro atoms. The number of aromatic amines is 1. The van der Waals surface area contributed by atoms with Crippen molar-refractivity contribution in [3.8, 4) is 0 Å². The number of hydrazine groups is 1. The number of nitrogens with two attached hydrogens (primary N) is 1. The lowest BCUT2D eigenvalue weighted by Gasteiger charge is -2.58. The highest BCUT2D eigenvalue weighted by Crippen LogP contribution is 2.56. The first kappa shape index (κ1) is 15.2. The van der Waals surface area contributed by atoms with Gasteiger partial charge in [0.15, 0.2) is 0 Å². The van der Waals surface area contributed by atoms with E-state index in [1.54, 1.807) is 6.20 Å². The van der Waals surface area contributed by atoms with Gasteiger partial charge in [-0.15, -0.1) is 0 Å². The predicted molar refractivity (Wildman–Crippen MR) is 93.7 cm³/mol. The first-order valence-electron chi connectivity index (χ1n) is 9.02. The van der Waals surface area contributed by atoms with Crippen LogP contribution in [0.15, 0.2) is 18.5 Å². The Morgan fingerprint density at radius 1 is 1.32 bits per heavy atom. The Hall–Kier alpha value is -2.12. The first-order chi connectivity index (χ1) is 12.1. The highest BCUT2D eigenvalue weighted by molar-refractivity contribution is 6.06. The second kappa shape index (κ2) is 5.19. The number of hydrogen-bond donors (Lipinski definition) is 5. The van der Waals surface area contributed by atoms with Crippen LogP contribution in [0.4, 0.5) is 5.69 Å². The van der Waals surface area contributed by atoms with Gasteiger partial charge in [-0.25, -0.2) is 10.8 Å². The molecule has 2 aromatic heterocycles. The molecule has 2 aromatic rings. The average Bonchev–Trinajstić information content (AvgIpc) is 3.04. The van der Waals surface area contributed by atoms with Crippen molar-refractivity contribution < 1.29 is 9.90 Å². The molecule has 1 amide bonds. The number of carbonyl (C=O) groups excluding carboxylic acids is 1. The van der Waals surface area contributed by atoms with Crippen LogP contribution in [0.5, 0.6) is 0 Å². The summed E-state index contributed by atoms with van der Waals surface area (Å²) >= 11 is 0. The highest BCUT2D eigenvalue weighted by atomic mass is 16.3. The summed E-state index contributed by atoms with van der Waals surface area (Å²) in [6, 6.07) is 2.21. The number of fused-ring (bicyclic) bond motifs is 1. The molecule has 0 radical (unpaired) electrons. The van der Waals surface area contributed by atoms with Crippen LogP contribution in [0.3, 0.4) is 0 Å². The van der Waals surface area contributed by atoms with Crippen LogP contribution < -0.4 is 16.6 Å². The molecule has 4 saturated carbocycles. The number of aromatic nitrogens is 2. The first-order valence-corrected chi connectivity index (χ1v) is 9.02. The van der Waals surface area contributed by atoms with Crippen LogP contribution >= 0.6 is 0 Å². The average molecular weight is 341 g/mol. The van der Waals surface area contributed by atoms with Gasteiger partial charge >= 0.3 is 0 Å². The van der Waals surface area contributed by atoms with Gasteiger partial charge in [0.25, 0.3) is 5.91 Å². The maximum Gasteiger partial charge on any atom is 0.268 e. The summed E-state index contributed by atoms with van der Waals surface area (Å²) in [6.07, 6.45) is 8.39. The van der Waals surface area contributed by atoms with Crippen molar-refractivity contribution in [2.45, 2.75) is 43.7 Å². The number of anilines is 1. The van der Waals surface area contributed by atoms with Gasteiger partial charge in [0.1, 0.15) is 5.65 Å². The van der Waals surface area contributed by atoms with E-state index >= 15 is 0 Å². The Morgan fingerprint density at radius 2 is 2.08 bits per heavy atom. The van der Waals surface area contributed by atoms with Crippen LogP contribution in [0, 0.1) is 17.8 Å². The third-order valence-corrected chi connectivity index (χ3v) is 6.51. The Kier molecular flexibility index (Phi) is 3.15. The fourth-order valence-corrected chi connectivity index (χ4v) is 5.80. The fraction of sp³-hybridized carbons (Fsp3) is 0.556. The van der Waals surface area contributed by atoms with Gasteiger partial charge in [-0.2, -0.15) is 0 Å². The summed E-state index contributed by atoms with van der Waals surface area (Å²) in [5, 5.41) is 15.3. The number of pyridine rings is 1. The molecule has 0 aliphatic heterocycles. The van der Waals surface area contributed by atoms with Gasteiger partial charge in [0, 0.05) is 23.8 Å². The molecule has 2 heterocycles. The molecule has 1 unspecified atom stereocenters. The Bertz CT molecular complexity index is 831. The molecular weight excluding hydrogens is 318 g/mol. The van der Waals surface area contributed by atoms with Crippen molar-refractivity contribution in [2.75, 3.05) is 5.32 Å². The summed E-state index contributed by atoms with van der Waals surface area (Å²) < 4.78 is 0. The predicted octanol–water partition coefficient (Wildman–Crippen LogP) is 1.52. The van der Waals surface area contributed by atoms with Crippen molar-refractivity contribution in [1.82, 2.24) is 15.4 Å². The monoisotopic (exact) mass is 341 g/mol. The standard InChI is InChI=1S/C18H23N5O2/c19-23-17(24)13-8-21-16-12(1-2-20-16)15(13)22-14-10-3-9-4-11(14)7-18(25,5-9)6-10/h1-2,8-11,14,25H,3-7,19H2,(H,23,24)(H2,20,21,22)/t9?,10-,11+,14+,18-. The smallest absolute Gasteiger partial charge is 0.268 e. The van der Waals surface area contributed by atoms with E-state index in [0.29, 0.717) is 23.3 Å². The van der Waals surface area contributed by atoms with Crippen LogP contribution in [0.25, 0.3) is 11.0 Å². The molecule has 0 saturated heterocycles.